The fourth-order valence-electron chi connectivity index (χ4n) is 1.67. The van der Waals surface area contributed by atoms with Crippen LogP contribution in [0.5, 0.6) is 5.75 Å². The maximum absolute atomic E-state index is 9.30. The number of rotatable bonds is 9. The predicted molar refractivity (Wildman–Crippen MR) is 78.9 cm³/mol. The molecular weight excluding hydrogens is 256 g/mol. The van der Waals surface area contributed by atoms with Crippen LogP contribution in [-0.4, -0.2) is 36.8 Å². The molecule has 114 valence electrons. The van der Waals surface area contributed by atoms with E-state index in [1.807, 2.05) is 52.0 Å². The van der Waals surface area contributed by atoms with Crippen LogP contribution in [0.1, 0.15) is 32.8 Å². The van der Waals surface area contributed by atoms with Gasteiger partial charge in [-0.25, -0.2) is 0 Å². The van der Waals surface area contributed by atoms with Crippen molar-refractivity contribution in [1.82, 2.24) is 0 Å². The molecule has 0 aliphatic rings. The summed E-state index contributed by atoms with van der Waals surface area (Å²) in [5, 5.41) is 9.30. The Labute approximate surface area is 121 Å². The Kier molecular flexibility index (Phi) is 7.59. The van der Waals surface area contributed by atoms with E-state index >= 15 is 0 Å². The number of benzene rings is 1. The van der Waals surface area contributed by atoms with E-state index in [-0.39, 0.29) is 12.2 Å². The van der Waals surface area contributed by atoms with Gasteiger partial charge in [0, 0.05) is 0 Å². The highest BCUT2D eigenvalue weighted by Gasteiger charge is 2.10. The molecule has 0 fully saturated rings. The maximum atomic E-state index is 9.30. The summed E-state index contributed by atoms with van der Waals surface area (Å²) in [5.74, 6) is 0.853. The summed E-state index contributed by atoms with van der Waals surface area (Å²) in [5.41, 5.74) is 1.17. The summed E-state index contributed by atoms with van der Waals surface area (Å²) in [6.45, 7) is 8.66. The normalized spacial score (nSPS) is 15.7. The molecule has 0 saturated carbocycles. The number of aliphatic hydroxyl groups is 1. The Balaban J connectivity index is 2.24. The smallest absolute Gasteiger partial charge is 0.154 e. The van der Waals surface area contributed by atoms with E-state index in [1.165, 1.54) is 5.56 Å². The average molecular weight is 282 g/mol. The molecule has 0 aliphatic carbocycles. The van der Waals surface area contributed by atoms with Gasteiger partial charge in [-0.05, 0) is 44.9 Å². The van der Waals surface area contributed by atoms with Crippen LogP contribution in [-0.2, 0) is 9.47 Å². The van der Waals surface area contributed by atoms with Crippen molar-refractivity contribution < 1.29 is 19.3 Å². The molecule has 0 heterocycles. The molecule has 4 nitrogen and oxygen atoms in total. The van der Waals surface area contributed by atoms with Crippen molar-refractivity contribution in [2.24, 2.45) is 0 Å². The maximum Gasteiger partial charge on any atom is 0.154 e. The van der Waals surface area contributed by atoms with Crippen LogP contribution in [0.15, 0.2) is 24.3 Å². The van der Waals surface area contributed by atoms with Crippen molar-refractivity contribution in [3.63, 3.8) is 0 Å². The van der Waals surface area contributed by atoms with Gasteiger partial charge in [-0.1, -0.05) is 19.1 Å². The lowest BCUT2D eigenvalue weighted by Crippen LogP contribution is -2.26. The van der Waals surface area contributed by atoms with Gasteiger partial charge in [-0.15, -0.1) is 0 Å². The lowest BCUT2D eigenvalue weighted by Gasteiger charge is -2.19. The molecule has 0 amide bonds. The van der Waals surface area contributed by atoms with Crippen LogP contribution >= 0.6 is 0 Å². The monoisotopic (exact) mass is 282 g/mol. The minimum absolute atomic E-state index is 0.0321. The molecule has 1 rings (SSSR count). The molecule has 4 heteroatoms. The minimum Gasteiger partial charge on any atom is -0.488 e. The Bertz CT molecular complexity index is 380. The van der Waals surface area contributed by atoms with Crippen LogP contribution in [0.4, 0.5) is 0 Å². The van der Waals surface area contributed by atoms with Gasteiger partial charge in [0.2, 0.25) is 0 Å². The van der Waals surface area contributed by atoms with E-state index < -0.39 is 6.29 Å². The molecule has 1 aromatic rings. The van der Waals surface area contributed by atoms with Crippen LogP contribution < -0.4 is 4.74 Å². The first kappa shape index (κ1) is 17.0. The first-order valence-electron chi connectivity index (χ1n) is 7.15. The zero-order valence-corrected chi connectivity index (χ0v) is 12.8. The molecular formula is C16H26O4. The lowest BCUT2D eigenvalue weighted by atomic mass is 10.2. The van der Waals surface area contributed by atoms with Gasteiger partial charge in [0.1, 0.15) is 11.9 Å². The van der Waals surface area contributed by atoms with Crippen LogP contribution in [0.3, 0.4) is 0 Å². The summed E-state index contributed by atoms with van der Waals surface area (Å²) < 4.78 is 16.6. The van der Waals surface area contributed by atoms with Crippen molar-refractivity contribution in [3.8, 4) is 5.75 Å². The topological polar surface area (TPSA) is 47.9 Å². The van der Waals surface area contributed by atoms with Gasteiger partial charge in [0.15, 0.2) is 6.29 Å². The number of aryl methyl sites for hydroxylation is 1. The van der Waals surface area contributed by atoms with Crippen LogP contribution in [0, 0.1) is 6.92 Å². The van der Waals surface area contributed by atoms with Gasteiger partial charge in [-0.2, -0.15) is 0 Å². The lowest BCUT2D eigenvalue weighted by molar-refractivity contribution is -0.132. The number of hydrogen-bond acceptors (Lipinski definition) is 4. The van der Waals surface area contributed by atoms with E-state index in [2.05, 4.69) is 0 Å². The van der Waals surface area contributed by atoms with E-state index in [9.17, 15) is 5.11 Å². The second-order valence-electron chi connectivity index (χ2n) is 5.09. The molecule has 1 aromatic carbocycles. The molecule has 0 spiro atoms. The van der Waals surface area contributed by atoms with Gasteiger partial charge in [-0.3, -0.25) is 0 Å². The molecule has 0 radical (unpaired) electrons. The van der Waals surface area contributed by atoms with Crippen molar-refractivity contribution in [2.45, 2.75) is 52.6 Å². The van der Waals surface area contributed by atoms with Crippen molar-refractivity contribution >= 4 is 0 Å². The highest BCUT2D eigenvalue weighted by Crippen LogP contribution is 2.14. The van der Waals surface area contributed by atoms with Crippen LogP contribution in [0.25, 0.3) is 0 Å². The molecule has 1 N–H and O–H groups in total. The van der Waals surface area contributed by atoms with E-state index in [0.29, 0.717) is 19.6 Å². The van der Waals surface area contributed by atoms with Gasteiger partial charge in [0.05, 0.1) is 19.3 Å². The fourth-order valence-corrected chi connectivity index (χ4v) is 1.67. The third-order valence-electron chi connectivity index (χ3n) is 2.81. The molecule has 20 heavy (non-hydrogen) atoms. The predicted octanol–water partition coefficient (Wildman–Crippen LogP) is 2.91. The molecule has 3 unspecified atom stereocenters. The second-order valence-corrected chi connectivity index (χ2v) is 5.09. The van der Waals surface area contributed by atoms with E-state index in [0.717, 1.165) is 5.75 Å². The van der Waals surface area contributed by atoms with Gasteiger partial charge >= 0.3 is 0 Å². The molecule has 3 atom stereocenters. The van der Waals surface area contributed by atoms with Crippen molar-refractivity contribution in [3.05, 3.63) is 29.8 Å². The fraction of sp³-hybridized carbons (Fsp3) is 0.625. The summed E-state index contributed by atoms with van der Waals surface area (Å²) in [4.78, 5) is 0. The third-order valence-corrected chi connectivity index (χ3v) is 2.81. The van der Waals surface area contributed by atoms with Gasteiger partial charge in [0.25, 0.3) is 0 Å². The second kappa shape index (κ2) is 8.95. The SMILES string of the molecule is CCC(O)OCC(C)OCC(C)Oc1cccc(C)c1. The van der Waals surface area contributed by atoms with Crippen molar-refractivity contribution in [2.75, 3.05) is 13.2 Å². The number of ether oxygens (including phenoxy) is 3. The zero-order valence-electron chi connectivity index (χ0n) is 12.8. The summed E-state index contributed by atoms with van der Waals surface area (Å²) >= 11 is 0. The summed E-state index contributed by atoms with van der Waals surface area (Å²) in [6, 6.07) is 7.95. The Hall–Kier alpha value is -1.10. The number of hydrogen-bond donors (Lipinski definition) is 1. The summed E-state index contributed by atoms with van der Waals surface area (Å²) in [6.07, 6.45) is -0.225. The Morgan fingerprint density at radius 2 is 1.80 bits per heavy atom. The molecule has 0 bridgehead atoms. The summed E-state index contributed by atoms with van der Waals surface area (Å²) in [7, 11) is 0. The highest BCUT2D eigenvalue weighted by molar-refractivity contribution is 5.27. The standard InChI is InChI=1S/C16H26O4/c1-5-16(17)19-10-13(3)18-11-14(4)20-15-8-6-7-12(2)9-15/h6-9,13-14,16-17H,5,10-11H2,1-4H3. The average Bonchev–Trinajstić information content (AvgIpc) is 2.42. The molecule has 0 aromatic heterocycles. The van der Waals surface area contributed by atoms with Crippen molar-refractivity contribution in [1.29, 1.82) is 0 Å². The first-order chi connectivity index (χ1) is 9.51. The van der Waals surface area contributed by atoms with E-state index in [4.69, 9.17) is 14.2 Å². The zero-order chi connectivity index (χ0) is 15.0. The Morgan fingerprint density at radius 3 is 2.45 bits per heavy atom. The minimum atomic E-state index is -0.706. The largest absolute Gasteiger partial charge is 0.488 e. The van der Waals surface area contributed by atoms with Gasteiger partial charge < -0.3 is 19.3 Å². The van der Waals surface area contributed by atoms with Crippen LogP contribution in [0.2, 0.25) is 0 Å². The highest BCUT2D eigenvalue weighted by atomic mass is 16.6. The number of aliphatic hydroxyl groups excluding tert-OH is 1. The quantitative estimate of drug-likeness (QED) is 0.707. The first-order valence-corrected chi connectivity index (χ1v) is 7.15. The molecule has 0 aliphatic heterocycles. The van der Waals surface area contributed by atoms with E-state index in [1.54, 1.807) is 0 Å². The Morgan fingerprint density at radius 1 is 1.10 bits per heavy atom. The molecule has 0 saturated heterocycles. The third kappa shape index (κ3) is 6.89.